The molecule has 1 atom stereocenters. The largest absolute Gasteiger partial charge is 0.504 e. The topological polar surface area (TPSA) is 75.7 Å². The number of aromatic hydroxyl groups is 2. The van der Waals surface area contributed by atoms with E-state index in [4.69, 9.17) is 10.5 Å². The number of hydrogen-bond donors (Lipinski definition) is 3. The maximum Gasteiger partial charge on any atom is 0.200 e. The van der Waals surface area contributed by atoms with E-state index in [0.29, 0.717) is 6.42 Å². The van der Waals surface area contributed by atoms with Crippen LogP contribution in [0, 0.1) is 0 Å². The Hall–Kier alpha value is -1.13. The summed E-state index contributed by atoms with van der Waals surface area (Å²) in [5, 5.41) is 18.8. The highest BCUT2D eigenvalue weighted by molar-refractivity contribution is 5.85. The molecular weight excluding hydrogens is 230 g/mol. The fourth-order valence-corrected chi connectivity index (χ4v) is 1.37. The smallest absolute Gasteiger partial charge is 0.200 e. The minimum Gasteiger partial charge on any atom is -0.504 e. The maximum atomic E-state index is 9.43. The van der Waals surface area contributed by atoms with Crippen LogP contribution in [0.3, 0.4) is 0 Å². The van der Waals surface area contributed by atoms with Crippen LogP contribution in [0.15, 0.2) is 12.1 Å². The van der Waals surface area contributed by atoms with Crippen LogP contribution in [0.1, 0.15) is 18.9 Å². The molecule has 0 aromatic heterocycles. The van der Waals surface area contributed by atoms with Crippen LogP contribution >= 0.6 is 12.4 Å². The minimum absolute atomic E-state index is 0. The molecule has 0 saturated carbocycles. The van der Waals surface area contributed by atoms with E-state index in [0.717, 1.165) is 12.0 Å². The fourth-order valence-electron chi connectivity index (χ4n) is 1.37. The van der Waals surface area contributed by atoms with Gasteiger partial charge in [-0.3, -0.25) is 0 Å². The molecule has 4 nitrogen and oxygen atoms in total. The molecule has 0 aliphatic heterocycles. The van der Waals surface area contributed by atoms with Crippen molar-refractivity contribution in [2.45, 2.75) is 25.8 Å². The number of phenols is 2. The van der Waals surface area contributed by atoms with Crippen molar-refractivity contribution >= 4 is 12.4 Å². The summed E-state index contributed by atoms with van der Waals surface area (Å²) in [6, 6.07) is 3.25. The van der Waals surface area contributed by atoms with Crippen LogP contribution in [-0.4, -0.2) is 23.4 Å². The highest BCUT2D eigenvalue weighted by Gasteiger charge is 2.11. The summed E-state index contributed by atoms with van der Waals surface area (Å²) in [6.45, 7) is 2.00. The zero-order valence-electron chi connectivity index (χ0n) is 9.43. The Balaban J connectivity index is 0.00000225. The third kappa shape index (κ3) is 3.47. The van der Waals surface area contributed by atoms with E-state index in [1.54, 1.807) is 6.07 Å². The number of ether oxygens (including phenoxy) is 1. The zero-order chi connectivity index (χ0) is 11.4. The van der Waals surface area contributed by atoms with Crippen LogP contribution < -0.4 is 10.5 Å². The molecule has 1 aromatic rings. The molecule has 0 radical (unpaired) electrons. The van der Waals surface area contributed by atoms with Crippen molar-refractivity contribution in [3.05, 3.63) is 17.7 Å². The van der Waals surface area contributed by atoms with E-state index in [9.17, 15) is 10.2 Å². The van der Waals surface area contributed by atoms with E-state index < -0.39 is 0 Å². The van der Waals surface area contributed by atoms with Gasteiger partial charge in [0.05, 0.1) is 7.11 Å². The second-order valence-electron chi connectivity index (χ2n) is 3.54. The number of benzene rings is 1. The Morgan fingerprint density at radius 2 is 2.00 bits per heavy atom. The molecule has 0 spiro atoms. The monoisotopic (exact) mass is 247 g/mol. The first-order chi connectivity index (χ1) is 7.08. The molecule has 0 saturated heterocycles. The maximum absolute atomic E-state index is 9.43. The predicted molar refractivity (Wildman–Crippen MR) is 65.5 cm³/mol. The van der Waals surface area contributed by atoms with Gasteiger partial charge in [-0.15, -0.1) is 12.4 Å². The molecule has 0 aliphatic carbocycles. The van der Waals surface area contributed by atoms with E-state index in [2.05, 4.69) is 0 Å². The normalized spacial score (nSPS) is 11.7. The summed E-state index contributed by atoms with van der Waals surface area (Å²) in [6.07, 6.45) is 1.52. The average molecular weight is 248 g/mol. The van der Waals surface area contributed by atoms with Crippen LogP contribution in [-0.2, 0) is 6.42 Å². The molecule has 1 rings (SSSR count). The van der Waals surface area contributed by atoms with Gasteiger partial charge in [-0.25, -0.2) is 0 Å². The first kappa shape index (κ1) is 14.9. The SMILES string of the molecule is CCC(N)Cc1cc(O)c(O)c(OC)c1.Cl. The standard InChI is InChI=1S/C11H17NO3.ClH/c1-3-8(12)4-7-5-9(13)11(14)10(6-7)15-2;/h5-6,8,13-14H,3-4,12H2,1-2H3;1H. The molecule has 92 valence electrons. The van der Waals surface area contributed by atoms with Gasteiger partial charge >= 0.3 is 0 Å². The van der Waals surface area contributed by atoms with E-state index in [1.165, 1.54) is 13.2 Å². The van der Waals surface area contributed by atoms with Crippen LogP contribution in [0.4, 0.5) is 0 Å². The molecule has 1 aromatic carbocycles. The minimum atomic E-state index is -0.230. The fraction of sp³-hybridized carbons (Fsp3) is 0.455. The van der Waals surface area contributed by atoms with Crippen LogP contribution in [0.2, 0.25) is 0 Å². The van der Waals surface area contributed by atoms with Gasteiger partial charge < -0.3 is 20.7 Å². The number of rotatable bonds is 4. The number of halogens is 1. The number of nitrogens with two attached hydrogens (primary N) is 1. The van der Waals surface area contributed by atoms with Gasteiger partial charge in [0, 0.05) is 6.04 Å². The van der Waals surface area contributed by atoms with Crippen molar-refractivity contribution in [2.24, 2.45) is 5.73 Å². The number of hydrogen-bond acceptors (Lipinski definition) is 4. The number of phenolic OH excluding ortho intramolecular Hbond substituents is 2. The molecule has 0 heterocycles. The van der Waals surface area contributed by atoms with Crippen molar-refractivity contribution in [3.8, 4) is 17.2 Å². The van der Waals surface area contributed by atoms with Crippen LogP contribution in [0.25, 0.3) is 0 Å². The van der Waals surface area contributed by atoms with Crippen molar-refractivity contribution < 1.29 is 14.9 Å². The molecule has 0 fully saturated rings. The Morgan fingerprint density at radius 3 is 2.50 bits per heavy atom. The van der Waals surface area contributed by atoms with E-state index in [-0.39, 0.29) is 35.7 Å². The third-order valence-corrected chi connectivity index (χ3v) is 2.36. The summed E-state index contributed by atoms with van der Waals surface area (Å²) in [5.41, 5.74) is 6.66. The molecule has 0 amide bonds. The quantitative estimate of drug-likeness (QED) is 0.710. The van der Waals surface area contributed by atoms with Gasteiger partial charge in [0.2, 0.25) is 5.75 Å². The Labute approximate surface area is 101 Å². The predicted octanol–water partition coefficient (Wildman–Crippen LogP) is 1.81. The van der Waals surface area contributed by atoms with Gasteiger partial charge in [-0.1, -0.05) is 6.92 Å². The highest BCUT2D eigenvalue weighted by atomic mass is 35.5. The Morgan fingerprint density at radius 1 is 1.38 bits per heavy atom. The molecule has 1 unspecified atom stereocenters. The molecule has 0 bridgehead atoms. The first-order valence-corrected chi connectivity index (χ1v) is 4.92. The lowest BCUT2D eigenvalue weighted by atomic mass is 10.0. The summed E-state index contributed by atoms with van der Waals surface area (Å²) >= 11 is 0. The molecule has 16 heavy (non-hydrogen) atoms. The highest BCUT2D eigenvalue weighted by Crippen LogP contribution is 2.36. The molecule has 4 N–H and O–H groups in total. The van der Waals surface area contributed by atoms with E-state index >= 15 is 0 Å². The first-order valence-electron chi connectivity index (χ1n) is 4.92. The second kappa shape index (κ2) is 6.45. The summed E-state index contributed by atoms with van der Waals surface area (Å²) < 4.78 is 4.93. The third-order valence-electron chi connectivity index (χ3n) is 2.36. The Bertz CT molecular complexity index is 344. The lowest BCUT2D eigenvalue weighted by Crippen LogP contribution is -2.21. The van der Waals surface area contributed by atoms with E-state index in [1.807, 2.05) is 6.92 Å². The summed E-state index contributed by atoms with van der Waals surface area (Å²) in [4.78, 5) is 0. The van der Waals surface area contributed by atoms with Crippen LogP contribution in [0.5, 0.6) is 17.2 Å². The Kier molecular flexibility index (Phi) is 6.00. The molecule has 5 heteroatoms. The number of methoxy groups -OCH3 is 1. The van der Waals surface area contributed by atoms with Gasteiger partial charge in [-0.2, -0.15) is 0 Å². The second-order valence-corrected chi connectivity index (χ2v) is 3.54. The van der Waals surface area contributed by atoms with Gasteiger partial charge in [0.1, 0.15) is 0 Å². The lowest BCUT2D eigenvalue weighted by molar-refractivity contribution is 0.350. The van der Waals surface area contributed by atoms with Gasteiger partial charge in [0.25, 0.3) is 0 Å². The van der Waals surface area contributed by atoms with Gasteiger partial charge in [-0.05, 0) is 30.5 Å². The summed E-state index contributed by atoms with van der Waals surface area (Å²) in [7, 11) is 1.44. The van der Waals surface area contributed by atoms with Crippen molar-refractivity contribution in [1.82, 2.24) is 0 Å². The summed E-state index contributed by atoms with van der Waals surface area (Å²) in [5.74, 6) is -0.132. The van der Waals surface area contributed by atoms with Crippen molar-refractivity contribution in [2.75, 3.05) is 7.11 Å². The van der Waals surface area contributed by atoms with Crippen molar-refractivity contribution in [1.29, 1.82) is 0 Å². The molecular formula is C11H18ClNO3. The molecule has 0 aliphatic rings. The average Bonchev–Trinajstić information content (AvgIpc) is 2.22. The van der Waals surface area contributed by atoms with Gasteiger partial charge in [0.15, 0.2) is 11.5 Å². The lowest BCUT2D eigenvalue weighted by Gasteiger charge is -2.11. The van der Waals surface area contributed by atoms with Crippen molar-refractivity contribution in [3.63, 3.8) is 0 Å². The zero-order valence-corrected chi connectivity index (χ0v) is 10.3.